The first-order valence-corrected chi connectivity index (χ1v) is 11.8. The van der Waals surface area contributed by atoms with Crippen LogP contribution in [0.3, 0.4) is 0 Å². The highest BCUT2D eigenvalue weighted by atomic mass is 28.3. The van der Waals surface area contributed by atoms with Crippen LogP contribution in [0.5, 0.6) is 5.75 Å². The number of ether oxygens (including phenoxy) is 3. The van der Waals surface area contributed by atoms with Crippen molar-refractivity contribution in [3.05, 3.63) is 23.0 Å². The molecule has 0 saturated heterocycles. The lowest BCUT2D eigenvalue weighted by Gasteiger charge is -2.14. The Bertz CT molecular complexity index is 717. The van der Waals surface area contributed by atoms with Gasteiger partial charge in [0.15, 0.2) is 18.2 Å². The summed E-state index contributed by atoms with van der Waals surface area (Å²) in [5.41, 5.74) is 4.73. The highest BCUT2D eigenvalue weighted by Crippen LogP contribution is 2.25. The van der Waals surface area contributed by atoms with Crippen molar-refractivity contribution in [1.82, 2.24) is 10.3 Å². The van der Waals surface area contributed by atoms with Gasteiger partial charge in [-0.1, -0.05) is 25.6 Å². The molecule has 0 spiro atoms. The van der Waals surface area contributed by atoms with Crippen LogP contribution in [0.25, 0.3) is 0 Å². The van der Waals surface area contributed by atoms with Crippen LogP contribution in [0.2, 0.25) is 19.6 Å². The summed E-state index contributed by atoms with van der Waals surface area (Å²) in [6.07, 6.45) is 1.54. The second-order valence-electron chi connectivity index (χ2n) is 6.51. The van der Waals surface area contributed by atoms with Crippen LogP contribution in [0, 0.1) is 18.4 Å². The van der Waals surface area contributed by atoms with Gasteiger partial charge < -0.3 is 19.5 Å². The molecule has 0 saturated carbocycles. The van der Waals surface area contributed by atoms with E-state index in [1.807, 2.05) is 6.92 Å². The van der Waals surface area contributed by atoms with E-state index < -0.39 is 20.0 Å². The zero-order valence-corrected chi connectivity index (χ0v) is 17.2. The molecule has 26 heavy (non-hydrogen) atoms. The van der Waals surface area contributed by atoms with Crippen molar-refractivity contribution in [2.75, 3.05) is 27.1 Å². The summed E-state index contributed by atoms with van der Waals surface area (Å²) < 4.78 is 15.3. The smallest absolute Gasteiger partial charge is 0.325 e. The minimum atomic E-state index is -1.56. The van der Waals surface area contributed by atoms with Gasteiger partial charge in [-0.05, 0) is 13.8 Å². The molecule has 8 heteroatoms. The first-order valence-electron chi connectivity index (χ1n) is 8.28. The van der Waals surface area contributed by atoms with Crippen LogP contribution in [0.4, 0.5) is 0 Å². The summed E-state index contributed by atoms with van der Waals surface area (Å²) >= 11 is 0. The number of aromatic nitrogens is 1. The molecule has 0 aliphatic heterocycles. The van der Waals surface area contributed by atoms with Gasteiger partial charge >= 0.3 is 5.97 Å². The maximum atomic E-state index is 12.4. The summed E-state index contributed by atoms with van der Waals surface area (Å²) in [5.74, 6) is 2.36. The number of nitrogens with one attached hydrogen (secondary N) is 1. The van der Waals surface area contributed by atoms with E-state index in [-0.39, 0.29) is 31.4 Å². The van der Waals surface area contributed by atoms with E-state index in [0.717, 1.165) is 0 Å². The lowest BCUT2D eigenvalue weighted by molar-refractivity contribution is -0.141. The number of amides is 1. The van der Waals surface area contributed by atoms with E-state index in [9.17, 15) is 9.59 Å². The third-order valence-corrected chi connectivity index (χ3v) is 3.96. The maximum absolute atomic E-state index is 12.4. The molecule has 0 unspecified atom stereocenters. The minimum absolute atomic E-state index is 0.0361. The van der Waals surface area contributed by atoms with Crippen LogP contribution in [0.1, 0.15) is 28.5 Å². The molecule has 0 aliphatic carbocycles. The molecule has 0 bridgehead atoms. The van der Waals surface area contributed by atoms with Crippen LogP contribution >= 0.6 is 0 Å². The van der Waals surface area contributed by atoms with Gasteiger partial charge in [-0.15, -0.1) is 5.54 Å². The largest absolute Gasteiger partial charge is 0.465 e. The Morgan fingerprint density at radius 3 is 2.58 bits per heavy atom. The SMILES string of the molecule is CCOC(=O)CNC(=O)c1ncc(C#C[Si](C)(C)C)c(C)c1OCOC. The molecule has 1 aromatic rings. The molecular formula is C18H26N2O5Si. The molecular weight excluding hydrogens is 352 g/mol. The van der Waals surface area contributed by atoms with Crippen molar-refractivity contribution < 1.29 is 23.8 Å². The van der Waals surface area contributed by atoms with E-state index in [1.54, 1.807) is 13.1 Å². The van der Waals surface area contributed by atoms with E-state index in [2.05, 4.69) is 41.4 Å². The first-order chi connectivity index (χ1) is 12.2. The molecule has 0 aromatic carbocycles. The van der Waals surface area contributed by atoms with E-state index in [4.69, 9.17) is 14.2 Å². The molecule has 7 nitrogen and oxygen atoms in total. The van der Waals surface area contributed by atoms with E-state index in [1.165, 1.54) is 7.11 Å². The van der Waals surface area contributed by atoms with Crippen LogP contribution < -0.4 is 10.1 Å². The number of hydrogen-bond acceptors (Lipinski definition) is 6. The summed E-state index contributed by atoms with van der Waals surface area (Å²) in [7, 11) is -0.0752. The Kier molecular flexibility index (Phi) is 8.29. The molecule has 1 rings (SSSR count). The van der Waals surface area contributed by atoms with Gasteiger partial charge in [0, 0.05) is 24.4 Å². The Balaban J connectivity index is 3.14. The minimum Gasteiger partial charge on any atom is -0.465 e. The fourth-order valence-electron chi connectivity index (χ4n) is 1.87. The van der Waals surface area contributed by atoms with E-state index in [0.29, 0.717) is 11.1 Å². The van der Waals surface area contributed by atoms with E-state index >= 15 is 0 Å². The highest BCUT2D eigenvalue weighted by molar-refractivity contribution is 6.83. The second kappa shape index (κ2) is 9.94. The number of methoxy groups -OCH3 is 1. The second-order valence-corrected chi connectivity index (χ2v) is 11.3. The van der Waals surface area contributed by atoms with Crippen molar-refractivity contribution in [2.24, 2.45) is 0 Å². The van der Waals surface area contributed by atoms with Gasteiger partial charge in [0.1, 0.15) is 14.6 Å². The Morgan fingerprint density at radius 1 is 1.31 bits per heavy atom. The lowest BCUT2D eigenvalue weighted by atomic mass is 10.1. The number of pyridine rings is 1. The molecule has 0 radical (unpaired) electrons. The predicted octanol–water partition coefficient (Wildman–Crippen LogP) is 1.89. The monoisotopic (exact) mass is 378 g/mol. The third-order valence-electron chi connectivity index (χ3n) is 3.09. The molecule has 0 fully saturated rings. The first kappa shape index (κ1) is 21.7. The van der Waals surface area contributed by atoms with Crippen molar-refractivity contribution in [3.63, 3.8) is 0 Å². The van der Waals surface area contributed by atoms with Crippen molar-refractivity contribution in [1.29, 1.82) is 0 Å². The number of nitrogens with zero attached hydrogens (tertiary/aromatic N) is 1. The maximum Gasteiger partial charge on any atom is 0.325 e. The zero-order chi connectivity index (χ0) is 19.7. The summed E-state index contributed by atoms with van der Waals surface area (Å²) in [5, 5.41) is 2.48. The van der Waals surface area contributed by atoms with Gasteiger partial charge in [0.25, 0.3) is 5.91 Å². The summed E-state index contributed by atoms with van der Waals surface area (Å²) in [4.78, 5) is 28.0. The predicted molar refractivity (Wildman–Crippen MR) is 101 cm³/mol. The lowest BCUT2D eigenvalue weighted by Crippen LogP contribution is -2.31. The number of carbonyl (C=O) groups excluding carboxylic acids is 2. The van der Waals surface area contributed by atoms with Gasteiger partial charge in [-0.3, -0.25) is 9.59 Å². The van der Waals surface area contributed by atoms with Gasteiger partial charge in [-0.25, -0.2) is 4.98 Å². The molecule has 1 amide bonds. The topological polar surface area (TPSA) is 86.8 Å². The standard InChI is InChI=1S/C18H26N2O5Si/c1-7-24-15(21)11-20-18(22)16-17(25-12-23-3)13(2)14(10-19-16)8-9-26(4,5)6/h10H,7,11-12H2,1-6H3,(H,20,22). The molecule has 1 N–H and O–H groups in total. The fraction of sp³-hybridized carbons (Fsp3) is 0.500. The van der Waals surface area contributed by atoms with Crippen molar-refractivity contribution in [3.8, 4) is 17.2 Å². The number of carbonyl (C=O) groups is 2. The average Bonchev–Trinajstić information content (AvgIpc) is 2.56. The quantitative estimate of drug-likeness (QED) is 0.337. The molecule has 1 heterocycles. The van der Waals surface area contributed by atoms with Gasteiger partial charge in [0.05, 0.1) is 6.61 Å². The normalized spacial score (nSPS) is 10.5. The third kappa shape index (κ3) is 6.86. The Hall–Kier alpha value is -2.37. The van der Waals surface area contributed by atoms with Gasteiger partial charge in [0.2, 0.25) is 0 Å². The number of esters is 1. The summed E-state index contributed by atoms with van der Waals surface area (Å²) in [6, 6.07) is 0. The molecule has 0 atom stereocenters. The number of rotatable bonds is 7. The van der Waals surface area contributed by atoms with Crippen LogP contribution in [-0.4, -0.2) is 52.0 Å². The van der Waals surface area contributed by atoms with Crippen LogP contribution in [-0.2, 0) is 14.3 Å². The summed E-state index contributed by atoms with van der Waals surface area (Å²) in [6.45, 7) is 9.90. The van der Waals surface area contributed by atoms with Crippen molar-refractivity contribution >= 4 is 20.0 Å². The van der Waals surface area contributed by atoms with Gasteiger partial charge in [-0.2, -0.15) is 0 Å². The number of hydrogen-bond donors (Lipinski definition) is 1. The fourth-order valence-corrected chi connectivity index (χ4v) is 2.38. The Morgan fingerprint density at radius 2 is 2.00 bits per heavy atom. The highest BCUT2D eigenvalue weighted by Gasteiger charge is 2.20. The van der Waals surface area contributed by atoms with Crippen LogP contribution in [0.15, 0.2) is 6.20 Å². The molecule has 0 aliphatic rings. The molecule has 142 valence electrons. The Labute approximate surface area is 155 Å². The average molecular weight is 379 g/mol. The molecule has 1 aromatic heterocycles. The zero-order valence-electron chi connectivity index (χ0n) is 16.2. The van der Waals surface area contributed by atoms with Crippen molar-refractivity contribution in [2.45, 2.75) is 33.5 Å².